The molecule has 1 spiro atoms. The van der Waals surface area contributed by atoms with Gasteiger partial charge in [0.1, 0.15) is 0 Å². The molecule has 0 bridgehead atoms. The van der Waals surface area contributed by atoms with Crippen molar-refractivity contribution in [2.75, 3.05) is 26.3 Å². The summed E-state index contributed by atoms with van der Waals surface area (Å²) in [6.07, 6.45) is 0. The van der Waals surface area contributed by atoms with Crippen LogP contribution in [0.25, 0.3) is 0 Å². The molecule has 0 N–H and O–H groups in total. The van der Waals surface area contributed by atoms with Crippen LogP contribution < -0.4 is 0 Å². The van der Waals surface area contributed by atoms with Gasteiger partial charge in [-0.1, -0.05) is 17.7 Å². The lowest BCUT2D eigenvalue weighted by Gasteiger charge is -2.53. The molecule has 128 valence electrons. The van der Waals surface area contributed by atoms with Gasteiger partial charge in [-0.05, 0) is 45.7 Å². The van der Waals surface area contributed by atoms with E-state index in [0.717, 1.165) is 16.7 Å². The van der Waals surface area contributed by atoms with Crippen molar-refractivity contribution in [2.45, 2.75) is 45.3 Å². The summed E-state index contributed by atoms with van der Waals surface area (Å²) in [6, 6.07) is 3.84. The van der Waals surface area contributed by atoms with Crippen molar-refractivity contribution >= 4 is 10.0 Å². The summed E-state index contributed by atoms with van der Waals surface area (Å²) in [5.74, 6) is -0.575. The zero-order valence-corrected chi connectivity index (χ0v) is 15.3. The highest BCUT2D eigenvalue weighted by Crippen LogP contribution is 2.41. The molecule has 23 heavy (non-hydrogen) atoms. The van der Waals surface area contributed by atoms with Crippen LogP contribution in [0.1, 0.15) is 30.5 Å². The van der Waals surface area contributed by atoms with Crippen molar-refractivity contribution in [1.29, 1.82) is 0 Å². The Balaban J connectivity index is 1.80. The molecule has 2 aliphatic heterocycles. The van der Waals surface area contributed by atoms with Crippen molar-refractivity contribution in [3.63, 3.8) is 0 Å². The van der Waals surface area contributed by atoms with Crippen molar-refractivity contribution in [1.82, 2.24) is 4.31 Å². The third kappa shape index (κ3) is 2.93. The van der Waals surface area contributed by atoms with Gasteiger partial charge in [0.05, 0.1) is 18.1 Å². The second-order valence-electron chi connectivity index (χ2n) is 7.48. The van der Waals surface area contributed by atoms with E-state index in [1.54, 1.807) is 4.31 Å². The zero-order valence-electron chi connectivity index (χ0n) is 14.5. The zero-order chi connectivity index (χ0) is 17.0. The smallest absolute Gasteiger partial charge is 0.243 e. The van der Waals surface area contributed by atoms with Crippen molar-refractivity contribution < 1.29 is 17.9 Å². The Morgan fingerprint density at radius 2 is 1.48 bits per heavy atom. The fourth-order valence-electron chi connectivity index (χ4n) is 3.49. The lowest BCUT2D eigenvalue weighted by Crippen LogP contribution is -2.65. The highest BCUT2D eigenvalue weighted by molar-refractivity contribution is 7.89. The molecule has 2 fully saturated rings. The number of rotatable bonds is 2. The molecule has 0 saturated carbocycles. The van der Waals surface area contributed by atoms with E-state index in [1.165, 1.54) is 0 Å². The van der Waals surface area contributed by atoms with Gasteiger partial charge in [0, 0.05) is 18.5 Å². The number of benzene rings is 1. The first-order valence-electron chi connectivity index (χ1n) is 7.91. The largest absolute Gasteiger partial charge is 0.350 e. The minimum Gasteiger partial charge on any atom is -0.350 e. The fraction of sp³-hybridized carbons (Fsp3) is 0.647. The van der Waals surface area contributed by atoms with Crippen LogP contribution in [0.5, 0.6) is 0 Å². The summed E-state index contributed by atoms with van der Waals surface area (Å²) >= 11 is 0. The number of aryl methyl sites for hydroxylation is 3. The molecule has 3 rings (SSSR count). The topological polar surface area (TPSA) is 55.8 Å². The normalized spacial score (nSPS) is 23.7. The Bertz CT molecular complexity index is 698. The van der Waals surface area contributed by atoms with Crippen LogP contribution in [0.2, 0.25) is 0 Å². The lowest BCUT2D eigenvalue weighted by molar-refractivity contribution is -0.299. The Hall–Kier alpha value is -0.950. The second kappa shape index (κ2) is 5.28. The van der Waals surface area contributed by atoms with E-state index in [9.17, 15) is 8.42 Å². The Labute approximate surface area is 138 Å². The molecule has 2 heterocycles. The van der Waals surface area contributed by atoms with Crippen LogP contribution in [0.3, 0.4) is 0 Å². The SMILES string of the molecule is Cc1cc(C)c(S(=O)(=O)N2CC3(COC(C)(C)OC3)C2)c(C)c1. The number of nitrogens with zero attached hydrogens (tertiary/aromatic N) is 1. The third-order valence-electron chi connectivity index (χ3n) is 4.68. The molecule has 5 nitrogen and oxygen atoms in total. The fourth-order valence-corrected chi connectivity index (χ4v) is 5.57. The van der Waals surface area contributed by atoms with Crippen molar-refractivity contribution in [3.05, 3.63) is 28.8 Å². The molecule has 0 aromatic heterocycles. The molecule has 1 aromatic rings. The van der Waals surface area contributed by atoms with E-state index >= 15 is 0 Å². The molecule has 6 heteroatoms. The van der Waals surface area contributed by atoms with Gasteiger partial charge >= 0.3 is 0 Å². The number of ether oxygens (including phenoxy) is 2. The van der Waals surface area contributed by atoms with Crippen LogP contribution in [0, 0.1) is 26.2 Å². The molecule has 0 aliphatic carbocycles. The summed E-state index contributed by atoms with van der Waals surface area (Å²) in [5.41, 5.74) is 2.49. The van der Waals surface area contributed by atoms with E-state index in [0.29, 0.717) is 31.2 Å². The quantitative estimate of drug-likeness (QED) is 0.830. The minimum atomic E-state index is -3.46. The molecule has 2 saturated heterocycles. The molecule has 0 amide bonds. The maximum atomic E-state index is 13.0. The van der Waals surface area contributed by atoms with Crippen LogP contribution in [-0.2, 0) is 19.5 Å². The lowest BCUT2D eigenvalue weighted by atomic mass is 9.82. The van der Waals surface area contributed by atoms with Gasteiger partial charge in [-0.3, -0.25) is 0 Å². The molecule has 1 aromatic carbocycles. The molecule has 0 radical (unpaired) electrons. The van der Waals surface area contributed by atoms with E-state index in [-0.39, 0.29) is 5.41 Å². The Morgan fingerprint density at radius 1 is 1.00 bits per heavy atom. The number of hydrogen-bond donors (Lipinski definition) is 0. The van der Waals surface area contributed by atoms with E-state index < -0.39 is 15.8 Å². The van der Waals surface area contributed by atoms with Gasteiger partial charge in [0.2, 0.25) is 10.0 Å². The van der Waals surface area contributed by atoms with Gasteiger partial charge in [-0.25, -0.2) is 8.42 Å². The Morgan fingerprint density at radius 3 is 1.96 bits per heavy atom. The van der Waals surface area contributed by atoms with Gasteiger partial charge in [-0.2, -0.15) is 4.31 Å². The predicted molar refractivity (Wildman–Crippen MR) is 87.8 cm³/mol. The van der Waals surface area contributed by atoms with Crippen molar-refractivity contribution in [2.24, 2.45) is 5.41 Å². The molecule has 0 unspecified atom stereocenters. The van der Waals surface area contributed by atoms with Gasteiger partial charge < -0.3 is 9.47 Å². The maximum Gasteiger partial charge on any atom is 0.243 e. The van der Waals surface area contributed by atoms with Crippen LogP contribution in [-0.4, -0.2) is 44.8 Å². The van der Waals surface area contributed by atoms with Gasteiger partial charge in [-0.15, -0.1) is 0 Å². The van der Waals surface area contributed by atoms with E-state index in [4.69, 9.17) is 9.47 Å². The summed E-state index contributed by atoms with van der Waals surface area (Å²) in [4.78, 5) is 0.441. The van der Waals surface area contributed by atoms with Crippen molar-refractivity contribution in [3.8, 4) is 0 Å². The second-order valence-corrected chi connectivity index (χ2v) is 9.35. The van der Waals surface area contributed by atoms with Crippen LogP contribution in [0.4, 0.5) is 0 Å². The van der Waals surface area contributed by atoms with Crippen LogP contribution in [0.15, 0.2) is 17.0 Å². The number of sulfonamides is 1. The average Bonchev–Trinajstić information content (AvgIpc) is 2.34. The summed E-state index contributed by atoms with van der Waals surface area (Å²) in [5, 5.41) is 0. The third-order valence-corrected chi connectivity index (χ3v) is 6.78. The standard InChI is InChI=1S/C17H25NO4S/c1-12-6-13(2)15(14(3)7-12)23(19,20)18-8-17(9-18)10-21-16(4,5)22-11-17/h6-7H,8-11H2,1-5H3. The summed E-state index contributed by atoms with van der Waals surface area (Å²) < 4.78 is 38.9. The first-order chi connectivity index (χ1) is 10.5. The predicted octanol–water partition coefficient (Wildman–Crippen LogP) is 2.39. The van der Waals surface area contributed by atoms with Crippen LogP contribution >= 0.6 is 0 Å². The summed E-state index contributed by atoms with van der Waals surface area (Å²) in [6.45, 7) is 11.5. The highest BCUT2D eigenvalue weighted by Gasteiger charge is 2.52. The first-order valence-corrected chi connectivity index (χ1v) is 9.35. The maximum absolute atomic E-state index is 13.0. The number of hydrogen-bond acceptors (Lipinski definition) is 4. The average molecular weight is 339 g/mol. The minimum absolute atomic E-state index is 0.199. The van der Waals surface area contributed by atoms with Gasteiger partial charge in [0.25, 0.3) is 0 Å². The van der Waals surface area contributed by atoms with Gasteiger partial charge in [0.15, 0.2) is 5.79 Å². The van der Waals surface area contributed by atoms with E-state index in [2.05, 4.69) is 0 Å². The first kappa shape index (κ1) is 16.9. The van der Waals surface area contributed by atoms with E-state index in [1.807, 2.05) is 46.8 Å². The molecular weight excluding hydrogens is 314 g/mol. The molecule has 0 atom stereocenters. The summed E-state index contributed by atoms with van der Waals surface area (Å²) in [7, 11) is -3.46. The Kier molecular flexibility index (Phi) is 3.87. The molecular formula is C17H25NO4S. The highest BCUT2D eigenvalue weighted by atomic mass is 32.2. The molecule has 2 aliphatic rings. The monoisotopic (exact) mass is 339 g/mol.